The van der Waals surface area contributed by atoms with E-state index in [-0.39, 0.29) is 24.7 Å². The first-order valence-corrected chi connectivity index (χ1v) is 7.99. The van der Waals surface area contributed by atoms with Crippen molar-refractivity contribution >= 4 is 29.0 Å². The monoisotopic (exact) mass is 316 g/mol. The van der Waals surface area contributed by atoms with Gasteiger partial charge in [-0.25, -0.2) is 4.98 Å². The van der Waals surface area contributed by atoms with E-state index in [2.05, 4.69) is 26.7 Å². The van der Waals surface area contributed by atoms with Gasteiger partial charge in [0.1, 0.15) is 0 Å². The lowest BCUT2D eigenvalue weighted by atomic mass is 10.1. The fourth-order valence-corrected chi connectivity index (χ4v) is 3.30. The molecule has 2 aromatic rings. The SMILES string of the molecule is O=C(CCC(=O)N1CCc2sccc2C1)Nc1cnccn1. The third-order valence-electron chi connectivity index (χ3n) is 3.56. The summed E-state index contributed by atoms with van der Waals surface area (Å²) in [6, 6.07) is 2.07. The molecule has 0 spiro atoms. The van der Waals surface area contributed by atoms with E-state index in [1.165, 1.54) is 29.0 Å². The molecule has 3 heterocycles. The number of thiophene rings is 1. The van der Waals surface area contributed by atoms with Gasteiger partial charge in [-0.1, -0.05) is 0 Å². The topological polar surface area (TPSA) is 75.2 Å². The highest BCUT2D eigenvalue weighted by Crippen LogP contribution is 2.24. The summed E-state index contributed by atoms with van der Waals surface area (Å²) >= 11 is 1.74. The molecule has 22 heavy (non-hydrogen) atoms. The summed E-state index contributed by atoms with van der Waals surface area (Å²) in [5.74, 6) is 0.203. The Labute approximate surface area is 132 Å². The first-order valence-electron chi connectivity index (χ1n) is 7.11. The summed E-state index contributed by atoms with van der Waals surface area (Å²) in [6.45, 7) is 1.39. The van der Waals surface area contributed by atoms with Gasteiger partial charge >= 0.3 is 0 Å². The standard InChI is InChI=1S/C15H16N4O2S/c20-14(18-13-9-16-5-6-17-13)1-2-15(21)19-7-3-12-11(10-19)4-8-22-12/h4-6,8-9H,1-3,7,10H2,(H,17,18,20). The van der Waals surface area contributed by atoms with Crippen LogP contribution in [-0.2, 0) is 22.6 Å². The van der Waals surface area contributed by atoms with Crippen molar-refractivity contribution in [2.24, 2.45) is 0 Å². The van der Waals surface area contributed by atoms with Crippen LogP contribution in [0.15, 0.2) is 30.0 Å². The van der Waals surface area contributed by atoms with Gasteiger partial charge in [-0.2, -0.15) is 0 Å². The number of hydrogen-bond acceptors (Lipinski definition) is 5. The molecule has 0 atom stereocenters. The molecule has 6 nitrogen and oxygen atoms in total. The summed E-state index contributed by atoms with van der Waals surface area (Å²) in [5, 5.41) is 4.69. The number of nitrogens with one attached hydrogen (secondary N) is 1. The largest absolute Gasteiger partial charge is 0.338 e. The molecule has 2 aromatic heterocycles. The lowest BCUT2D eigenvalue weighted by molar-refractivity contribution is -0.133. The number of amides is 2. The summed E-state index contributed by atoms with van der Waals surface area (Å²) in [6.07, 6.45) is 5.79. The Kier molecular flexibility index (Phi) is 4.43. The molecule has 0 aliphatic carbocycles. The van der Waals surface area contributed by atoms with Crippen molar-refractivity contribution in [2.75, 3.05) is 11.9 Å². The van der Waals surface area contributed by atoms with E-state index in [4.69, 9.17) is 0 Å². The van der Waals surface area contributed by atoms with E-state index < -0.39 is 0 Å². The molecule has 0 bridgehead atoms. The van der Waals surface area contributed by atoms with E-state index in [1.807, 2.05) is 4.90 Å². The Bertz CT molecular complexity index is 671. The zero-order valence-corrected chi connectivity index (χ0v) is 12.8. The van der Waals surface area contributed by atoms with Gasteiger partial charge in [0, 0.05) is 43.2 Å². The Morgan fingerprint density at radius 3 is 3.05 bits per heavy atom. The molecule has 0 saturated carbocycles. The molecule has 1 aliphatic rings. The van der Waals surface area contributed by atoms with Gasteiger partial charge in [-0.3, -0.25) is 14.6 Å². The molecular weight excluding hydrogens is 300 g/mol. The third-order valence-corrected chi connectivity index (χ3v) is 4.58. The average molecular weight is 316 g/mol. The maximum atomic E-state index is 12.2. The molecule has 0 radical (unpaired) electrons. The first-order chi connectivity index (χ1) is 10.7. The van der Waals surface area contributed by atoms with Crippen molar-refractivity contribution < 1.29 is 9.59 Å². The average Bonchev–Trinajstić information content (AvgIpc) is 3.01. The van der Waals surface area contributed by atoms with Crippen molar-refractivity contribution in [1.82, 2.24) is 14.9 Å². The van der Waals surface area contributed by atoms with Crippen LogP contribution in [0.3, 0.4) is 0 Å². The van der Waals surface area contributed by atoms with Crippen LogP contribution in [-0.4, -0.2) is 33.2 Å². The Hall–Kier alpha value is -2.28. The Morgan fingerprint density at radius 2 is 2.23 bits per heavy atom. The van der Waals surface area contributed by atoms with Crippen LogP contribution in [0.4, 0.5) is 5.82 Å². The van der Waals surface area contributed by atoms with Crippen LogP contribution < -0.4 is 5.32 Å². The van der Waals surface area contributed by atoms with Gasteiger partial charge in [0.2, 0.25) is 11.8 Å². The van der Waals surface area contributed by atoms with Crippen LogP contribution in [0.5, 0.6) is 0 Å². The number of rotatable bonds is 4. The zero-order valence-electron chi connectivity index (χ0n) is 12.0. The molecule has 0 saturated heterocycles. The Balaban J connectivity index is 1.47. The van der Waals surface area contributed by atoms with Crippen LogP contribution in [0.2, 0.25) is 0 Å². The number of fused-ring (bicyclic) bond motifs is 1. The minimum Gasteiger partial charge on any atom is -0.338 e. The summed E-state index contributed by atoms with van der Waals surface area (Å²) in [7, 11) is 0. The minimum absolute atomic E-state index is 0.0196. The molecule has 7 heteroatoms. The van der Waals surface area contributed by atoms with E-state index in [0.717, 1.165) is 13.0 Å². The van der Waals surface area contributed by atoms with Crippen molar-refractivity contribution in [2.45, 2.75) is 25.8 Å². The maximum absolute atomic E-state index is 12.2. The van der Waals surface area contributed by atoms with Gasteiger partial charge in [0.25, 0.3) is 0 Å². The number of anilines is 1. The lowest BCUT2D eigenvalue weighted by Crippen LogP contribution is -2.35. The summed E-state index contributed by atoms with van der Waals surface area (Å²) < 4.78 is 0. The maximum Gasteiger partial charge on any atom is 0.226 e. The molecule has 114 valence electrons. The number of nitrogens with zero attached hydrogens (tertiary/aromatic N) is 3. The zero-order chi connectivity index (χ0) is 15.4. The van der Waals surface area contributed by atoms with Crippen LogP contribution in [0, 0.1) is 0 Å². The van der Waals surface area contributed by atoms with Gasteiger partial charge in [0.05, 0.1) is 6.20 Å². The fourth-order valence-electron chi connectivity index (χ4n) is 2.41. The number of carbonyl (C=O) groups excluding carboxylic acids is 2. The van der Waals surface area contributed by atoms with E-state index >= 15 is 0 Å². The van der Waals surface area contributed by atoms with E-state index in [1.54, 1.807) is 11.3 Å². The molecule has 1 N–H and O–H groups in total. The van der Waals surface area contributed by atoms with Crippen LogP contribution in [0.1, 0.15) is 23.3 Å². The highest BCUT2D eigenvalue weighted by atomic mass is 32.1. The second kappa shape index (κ2) is 6.65. The molecular formula is C15H16N4O2S. The Morgan fingerprint density at radius 1 is 1.32 bits per heavy atom. The molecule has 2 amide bonds. The van der Waals surface area contributed by atoms with E-state index in [9.17, 15) is 9.59 Å². The predicted molar refractivity (Wildman–Crippen MR) is 83.3 cm³/mol. The molecule has 0 fully saturated rings. The quantitative estimate of drug-likeness (QED) is 0.934. The van der Waals surface area contributed by atoms with Gasteiger partial charge in [0.15, 0.2) is 5.82 Å². The molecule has 1 aliphatic heterocycles. The van der Waals surface area contributed by atoms with E-state index in [0.29, 0.717) is 12.4 Å². The first kappa shape index (κ1) is 14.6. The molecule has 0 unspecified atom stereocenters. The molecule has 3 rings (SSSR count). The van der Waals surface area contributed by atoms with Crippen molar-refractivity contribution in [3.63, 3.8) is 0 Å². The lowest BCUT2D eigenvalue weighted by Gasteiger charge is -2.27. The smallest absolute Gasteiger partial charge is 0.226 e. The van der Waals surface area contributed by atoms with Gasteiger partial charge in [-0.15, -0.1) is 11.3 Å². The normalized spacial score (nSPS) is 13.5. The number of hydrogen-bond donors (Lipinski definition) is 1. The van der Waals surface area contributed by atoms with Crippen molar-refractivity contribution in [1.29, 1.82) is 0 Å². The van der Waals surface area contributed by atoms with Gasteiger partial charge in [-0.05, 0) is 23.4 Å². The second-order valence-electron chi connectivity index (χ2n) is 5.07. The molecule has 0 aromatic carbocycles. The van der Waals surface area contributed by atoms with Crippen LogP contribution >= 0.6 is 11.3 Å². The highest BCUT2D eigenvalue weighted by molar-refractivity contribution is 7.10. The summed E-state index contributed by atoms with van der Waals surface area (Å²) in [5.41, 5.74) is 1.23. The van der Waals surface area contributed by atoms with Crippen molar-refractivity contribution in [3.05, 3.63) is 40.5 Å². The van der Waals surface area contributed by atoms with Crippen molar-refractivity contribution in [3.8, 4) is 0 Å². The second-order valence-corrected chi connectivity index (χ2v) is 6.07. The highest BCUT2D eigenvalue weighted by Gasteiger charge is 2.21. The predicted octanol–water partition coefficient (Wildman–Crippen LogP) is 1.84. The van der Waals surface area contributed by atoms with Gasteiger partial charge < -0.3 is 10.2 Å². The number of carbonyl (C=O) groups is 2. The number of aromatic nitrogens is 2. The summed E-state index contributed by atoms with van der Waals surface area (Å²) in [4.78, 5) is 35.0. The minimum atomic E-state index is -0.220. The fraction of sp³-hybridized carbons (Fsp3) is 0.333. The third kappa shape index (κ3) is 3.48. The van der Waals surface area contributed by atoms with Crippen LogP contribution in [0.25, 0.3) is 0 Å².